The highest BCUT2D eigenvalue weighted by Gasteiger charge is 2.53. The molecule has 0 radical (unpaired) electrons. The Hall–Kier alpha value is -3.39. The largest absolute Gasteiger partial charge is 0.494 e. The topological polar surface area (TPSA) is 42.2 Å². The Morgan fingerprint density at radius 2 is 1.51 bits per heavy atom. The summed E-state index contributed by atoms with van der Waals surface area (Å²) in [7, 11) is -0.446. The van der Waals surface area contributed by atoms with Crippen LogP contribution in [0.5, 0.6) is 0 Å². The first kappa shape index (κ1) is 24.0. The number of benzene rings is 3. The zero-order valence-corrected chi connectivity index (χ0v) is 22.2. The van der Waals surface area contributed by atoms with Gasteiger partial charge in [0.05, 0.1) is 28.2 Å². The Balaban J connectivity index is 1.64. The van der Waals surface area contributed by atoms with Crippen molar-refractivity contribution in [2.45, 2.75) is 57.7 Å². The summed E-state index contributed by atoms with van der Waals surface area (Å²) >= 11 is 0. The zero-order valence-electron chi connectivity index (χ0n) is 22.2. The third-order valence-electron chi connectivity index (χ3n) is 8.77. The van der Waals surface area contributed by atoms with Gasteiger partial charge in [-0.25, -0.2) is 0 Å². The van der Waals surface area contributed by atoms with Crippen LogP contribution in [-0.4, -0.2) is 18.3 Å². The predicted molar refractivity (Wildman–Crippen MR) is 150 cm³/mol. The SMILES string of the molecule is CC1C=CC(C2(c3ccccc3)c3cc(C#N)ccc3-c3ccc(B4OC(C)(C)C(C)(C)O4)cc32)=CC1. The maximum Gasteiger partial charge on any atom is 0.494 e. The van der Waals surface area contributed by atoms with Crippen molar-refractivity contribution in [2.75, 3.05) is 0 Å². The van der Waals surface area contributed by atoms with Gasteiger partial charge in [-0.1, -0.05) is 79.7 Å². The van der Waals surface area contributed by atoms with Crippen LogP contribution in [0.4, 0.5) is 0 Å². The molecule has 3 aromatic carbocycles. The molecule has 1 saturated heterocycles. The zero-order chi connectivity index (χ0) is 26.0. The van der Waals surface area contributed by atoms with E-state index in [2.05, 4.69) is 120 Å². The fourth-order valence-electron chi connectivity index (χ4n) is 6.02. The van der Waals surface area contributed by atoms with Crippen LogP contribution in [0.1, 0.15) is 63.3 Å². The van der Waals surface area contributed by atoms with E-state index in [1.165, 1.54) is 27.8 Å². The first-order chi connectivity index (χ1) is 17.7. The molecule has 1 aliphatic heterocycles. The van der Waals surface area contributed by atoms with Crippen molar-refractivity contribution in [2.24, 2.45) is 5.92 Å². The lowest BCUT2D eigenvalue weighted by Gasteiger charge is -2.36. The average Bonchev–Trinajstić information content (AvgIpc) is 3.31. The van der Waals surface area contributed by atoms with Crippen molar-refractivity contribution in [1.82, 2.24) is 0 Å². The normalized spacial score (nSPS) is 24.8. The monoisotopic (exact) mass is 485 g/mol. The average molecular weight is 485 g/mol. The van der Waals surface area contributed by atoms with Crippen LogP contribution in [0.2, 0.25) is 0 Å². The number of allylic oxidation sites excluding steroid dienone is 4. The van der Waals surface area contributed by atoms with Gasteiger partial charge in [-0.15, -0.1) is 0 Å². The molecule has 3 aliphatic rings. The van der Waals surface area contributed by atoms with Gasteiger partial charge in [-0.2, -0.15) is 5.26 Å². The van der Waals surface area contributed by atoms with Gasteiger partial charge in [0.2, 0.25) is 0 Å². The summed E-state index contributed by atoms with van der Waals surface area (Å²) in [4.78, 5) is 0. The van der Waals surface area contributed by atoms with Crippen molar-refractivity contribution >= 4 is 12.6 Å². The molecule has 0 amide bonds. The van der Waals surface area contributed by atoms with Gasteiger partial charge in [0.25, 0.3) is 0 Å². The maximum atomic E-state index is 9.85. The van der Waals surface area contributed by atoms with Gasteiger partial charge in [0, 0.05) is 0 Å². The molecular weight excluding hydrogens is 453 g/mol. The Morgan fingerprint density at radius 3 is 2.14 bits per heavy atom. The number of nitrogens with zero attached hydrogens (tertiary/aromatic N) is 1. The summed E-state index contributed by atoms with van der Waals surface area (Å²) < 4.78 is 12.9. The minimum Gasteiger partial charge on any atom is -0.399 e. The maximum absolute atomic E-state index is 9.85. The van der Waals surface area contributed by atoms with Gasteiger partial charge >= 0.3 is 7.12 Å². The third kappa shape index (κ3) is 3.49. The summed E-state index contributed by atoms with van der Waals surface area (Å²) in [6, 6.07) is 25.8. The Bertz CT molecular complexity index is 1480. The molecule has 0 bridgehead atoms. The smallest absolute Gasteiger partial charge is 0.399 e. The van der Waals surface area contributed by atoms with E-state index in [1.54, 1.807) is 0 Å². The van der Waals surface area contributed by atoms with Crippen LogP contribution >= 0.6 is 0 Å². The molecule has 4 heteroatoms. The molecule has 2 unspecified atom stereocenters. The van der Waals surface area contributed by atoms with Gasteiger partial charge in [-0.3, -0.25) is 0 Å². The van der Waals surface area contributed by atoms with E-state index in [0.717, 1.165) is 17.4 Å². The predicted octanol–water partition coefficient (Wildman–Crippen LogP) is 6.69. The van der Waals surface area contributed by atoms with E-state index < -0.39 is 23.7 Å². The molecule has 0 N–H and O–H groups in total. The number of nitriles is 1. The van der Waals surface area contributed by atoms with Crippen LogP contribution in [-0.2, 0) is 14.7 Å². The number of hydrogen-bond donors (Lipinski definition) is 0. The van der Waals surface area contributed by atoms with E-state index >= 15 is 0 Å². The molecule has 0 aromatic heterocycles. The number of rotatable bonds is 3. The highest BCUT2D eigenvalue weighted by molar-refractivity contribution is 6.62. The Labute approximate surface area is 220 Å². The first-order valence-electron chi connectivity index (χ1n) is 13.2. The summed E-state index contributed by atoms with van der Waals surface area (Å²) in [5.41, 5.74) is 7.50. The van der Waals surface area contributed by atoms with Crippen LogP contribution < -0.4 is 5.46 Å². The fourth-order valence-corrected chi connectivity index (χ4v) is 6.02. The summed E-state index contributed by atoms with van der Waals surface area (Å²) in [6.07, 6.45) is 7.97. The highest BCUT2D eigenvalue weighted by atomic mass is 16.7. The Kier molecular flexibility index (Phi) is 5.39. The van der Waals surface area contributed by atoms with E-state index in [9.17, 15) is 5.26 Å². The second-order valence-electron chi connectivity index (χ2n) is 11.6. The quantitative estimate of drug-likeness (QED) is 0.388. The van der Waals surface area contributed by atoms with Gasteiger partial charge in [0.1, 0.15) is 0 Å². The lowest BCUT2D eigenvalue weighted by molar-refractivity contribution is 0.00578. The first-order valence-corrected chi connectivity index (χ1v) is 13.2. The standard InChI is InChI=1S/C33H32BNO2/c1-22-11-14-25(15-12-22)33(24-9-7-6-8-10-24)29-19-23(21-35)13-17-27(29)28-18-16-26(20-30(28)33)34-36-31(2,3)32(4,5)37-34/h6-11,13-20,22H,12H2,1-5H3. The molecule has 1 fully saturated rings. The molecule has 0 spiro atoms. The van der Waals surface area contributed by atoms with E-state index in [0.29, 0.717) is 11.5 Å². The van der Waals surface area contributed by atoms with E-state index in [1.807, 2.05) is 6.07 Å². The second-order valence-corrected chi connectivity index (χ2v) is 11.6. The third-order valence-corrected chi connectivity index (χ3v) is 8.77. The summed E-state index contributed by atoms with van der Waals surface area (Å²) in [5, 5.41) is 9.85. The van der Waals surface area contributed by atoms with Gasteiger partial charge in [-0.05, 0) is 91.0 Å². The van der Waals surface area contributed by atoms with Crippen LogP contribution in [0.25, 0.3) is 11.1 Å². The molecule has 184 valence electrons. The van der Waals surface area contributed by atoms with Crippen LogP contribution in [0, 0.1) is 17.2 Å². The number of fused-ring (bicyclic) bond motifs is 3. The lowest BCUT2D eigenvalue weighted by atomic mass is 9.64. The second kappa shape index (κ2) is 8.31. The molecule has 3 aromatic rings. The number of hydrogen-bond acceptors (Lipinski definition) is 3. The van der Waals surface area contributed by atoms with E-state index in [4.69, 9.17) is 9.31 Å². The van der Waals surface area contributed by atoms with E-state index in [-0.39, 0.29) is 0 Å². The lowest BCUT2D eigenvalue weighted by Crippen LogP contribution is -2.41. The van der Waals surface area contributed by atoms with Crippen molar-refractivity contribution in [3.63, 3.8) is 0 Å². The van der Waals surface area contributed by atoms with Crippen molar-refractivity contribution < 1.29 is 9.31 Å². The summed E-state index contributed by atoms with van der Waals surface area (Å²) in [5.74, 6) is 0.499. The Morgan fingerprint density at radius 1 is 0.865 bits per heavy atom. The van der Waals surface area contributed by atoms with Crippen LogP contribution in [0.15, 0.2) is 90.5 Å². The molecule has 6 rings (SSSR count). The minimum atomic E-state index is -0.533. The van der Waals surface area contributed by atoms with Crippen molar-refractivity contribution in [3.05, 3.63) is 113 Å². The van der Waals surface area contributed by atoms with Gasteiger partial charge in [0.15, 0.2) is 0 Å². The highest BCUT2D eigenvalue weighted by Crippen LogP contribution is 2.57. The molecule has 2 atom stereocenters. The van der Waals surface area contributed by atoms with Crippen LogP contribution in [0.3, 0.4) is 0 Å². The van der Waals surface area contributed by atoms with Gasteiger partial charge < -0.3 is 9.31 Å². The van der Waals surface area contributed by atoms with Crippen molar-refractivity contribution in [1.29, 1.82) is 5.26 Å². The molecule has 37 heavy (non-hydrogen) atoms. The van der Waals surface area contributed by atoms with Crippen molar-refractivity contribution in [3.8, 4) is 17.2 Å². The summed E-state index contributed by atoms with van der Waals surface area (Å²) in [6.45, 7) is 10.6. The fraction of sp³-hybridized carbons (Fsp3) is 0.303. The molecular formula is C33H32BNO2. The minimum absolute atomic E-state index is 0.414. The molecule has 2 aliphatic carbocycles. The molecule has 0 saturated carbocycles. The molecule has 3 nitrogen and oxygen atoms in total. The molecule has 1 heterocycles.